The quantitative estimate of drug-likeness (QED) is 0.662. The molecule has 9 nitrogen and oxygen atoms in total. The van der Waals surface area contributed by atoms with Gasteiger partial charge in [-0.25, -0.2) is 13.2 Å². The van der Waals surface area contributed by atoms with E-state index in [1.54, 1.807) is 4.90 Å². The summed E-state index contributed by atoms with van der Waals surface area (Å²) in [7, 11) is 0. The van der Waals surface area contributed by atoms with Crippen LogP contribution in [0, 0.1) is 17.5 Å². The molecule has 2 bridgehead atoms. The van der Waals surface area contributed by atoms with Crippen molar-refractivity contribution in [3.05, 3.63) is 62.8 Å². The molecule has 0 fully saturated rings. The Balaban J connectivity index is 1.72. The molecule has 3 heterocycles. The van der Waals surface area contributed by atoms with Gasteiger partial charge in [0.15, 0.2) is 11.4 Å². The minimum Gasteiger partial charge on any atom is -0.503 e. The maximum absolute atomic E-state index is 14.0. The molecule has 2 N–H and O–H groups in total. The number of carbonyl (C=O) groups is 2. The topological polar surface area (TPSA) is 113 Å². The van der Waals surface area contributed by atoms with E-state index in [0.717, 1.165) is 6.20 Å². The zero-order valence-corrected chi connectivity index (χ0v) is 19.7. The van der Waals surface area contributed by atoms with Crippen molar-refractivity contribution < 1.29 is 32.7 Å². The summed E-state index contributed by atoms with van der Waals surface area (Å²) in [6.45, 7) is 3.59. The van der Waals surface area contributed by atoms with E-state index in [4.69, 9.17) is 4.84 Å². The number of halogens is 3. The second kappa shape index (κ2) is 10.0. The van der Waals surface area contributed by atoms with Crippen LogP contribution in [0.3, 0.4) is 0 Å². The van der Waals surface area contributed by atoms with E-state index in [2.05, 4.69) is 10.5 Å². The van der Waals surface area contributed by atoms with Crippen molar-refractivity contribution in [3.63, 3.8) is 0 Å². The van der Waals surface area contributed by atoms with Gasteiger partial charge in [0.2, 0.25) is 5.43 Å². The van der Waals surface area contributed by atoms with Crippen LogP contribution in [0.5, 0.6) is 5.75 Å². The molecule has 0 aliphatic carbocycles. The molecular weight excluding hydrogens is 481 g/mol. The Labute approximate surface area is 204 Å². The summed E-state index contributed by atoms with van der Waals surface area (Å²) in [6.07, 6.45) is 2.54. The lowest BCUT2D eigenvalue weighted by Crippen LogP contribution is -2.49. The minimum atomic E-state index is -1.20. The van der Waals surface area contributed by atoms with E-state index in [-0.39, 0.29) is 18.3 Å². The first-order valence-corrected chi connectivity index (χ1v) is 11.5. The van der Waals surface area contributed by atoms with Crippen LogP contribution in [-0.4, -0.2) is 51.3 Å². The molecule has 0 spiro atoms. The van der Waals surface area contributed by atoms with Gasteiger partial charge in [0, 0.05) is 55.9 Å². The van der Waals surface area contributed by atoms with Crippen LogP contribution >= 0.6 is 0 Å². The monoisotopic (exact) mass is 506 g/mol. The third-order valence-electron chi connectivity index (χ3n) is 6.48. The number of fused-ring (bicyclic) bond motifs is 4. The van der Waals surface area contributed by atoms with E-state index >= 15 is 0 Å². The molecule has 2 aromatic rings. The van der Waals surface area contributed by atoms with Crippen molar-refractivity contribution in [2.75, 3.05) is 13.2 Å². The summed E-state index contributed by atoms with van der Waals surface area (Å²) in [6, 6.07) is 0.215. The summed E-state index contributed by atoms with van der Waals surface area (Å²) in [5, 5.41) is 17.1. The summed E-state index contributed by atoms with van der Waals surface area (Å²) < 4.78 is 42.4. The number of benzene rings is 1. The highest BCUT2D eigenvalue weighted by Crippen LogP contribution is 2.31. The summed E-state index contributed by atoms with van der Waals surface area (Å²) in [4.78, 5) is 45.9. The normalized spacial score (nSPS) is 21.2. The van der Waals surface area contributed by atoms with Gasteiger partial charge in [-0.1, -0.05) is 12.1 Å². The van der Waals surface area contributed by atoms with E-state index in [9.17, 15) is 32.7 Å². The van der Waals surface area contributed by atoms with Crippen molar-refractivity contribution in [1.82, 2.24) is 14.8 Å². The Morgan fingerprint density at radius 2 is 1.94 bits per heavy atom. The van der Waals surface area contributed by atoms with Gasteiger partial charge in [-0.2, -0.15) is 0 Å². The number of hydrogen-bond donors (Lipinski definition) is 2. The first-order valence-electron chi connectivity index (χ1n) is 11.5. The van der Waals surface area contributed by atoms with Crippen molar-refractivity contribution in [3.8, 4) is 5.75 Å². The Morgan fingerprint density at radius 1 is 1.25 bits per heavy atom. The summed E-state index contributed by atoms with van der Waals surface area (Å²) >= 11 is 0. The molecule has 4 rings (SSSR count). The van der Waals surface area contributed by atoms with Gasteiger partial charge >= 0.3 is 0 Å². The highest BCUT2D eigenvalue weighted by Gasteiger charge is 2.38. The average Bonchev–Trinajstić information content (AvgIpc) is 2.82. The van der Waals surface area contributed by atoms with Gasteiger partial charge in [0.05, 0.1) is 11.8 Å². The molecule has 2 amide bonds. The lowest BCUT2D eigenvalue weighted by Gasteiger charge is -2.40. The molecule has 2 aliphatic heterocycles. The number of rotatable bonds is 4. The van der Waals surface area contributed by atoms with Crippen LogP contribution < -0.4 is 10.7 Å². The zero-order chi connectivity index (χ0) is 26.1. The number of nitrogens with one attached hydrogen (secondary N) is 1. The van der Waals surface area contributed by atoms with E-state index in [1.165, 1.54) is 4.57 Å². The number of nitrogens with zero attached hydrogens (tertiary/aromatic N) is 3. The third kappa shape index (κ3) is 4.67. The van der Waals surface area contributed by atoms with Crippen molar-refractivity contribution >= 4 is 17.5 Å². The Morgan fingerprint density at radius 3 is 2.61 bits per heavy atom. The maximum Gasteiger partial charge on any atom is 0.274 e. The summed E-state index contributed by atoms with van der Waals surface area (Å²) in [5.74, 6) is -6.00. The molecule has 12 heteroatoms. The van der Waals surface area contributed by atoms with E-state index in [0.29, 0.717) is 43.7 Å². The van der Waals surface area contributed by atoms with Crippen molar-refractivity contribution in [2.45, 2.75) is 51.7 Å². The van der Waals surface area contributed by atoms with Gasteiger partial charge in [-0.05, 0) is 13.3 Å². The van der Waals surface area contributed by atoms with Crippen LogP contribution in [0.4, 0.5) is 13.2 Å². The molecule has 1 unspecified atom stereocenters. The molecule has 0 saturated heterocycles. The van der Waals surface area contributed by atoms with Crippen molar-refractivity contribution in [1.29, 1.82) is 0 Å². The number of aromatic nitrogens is 1. The van der Waals surface area contributed by atoms with Crippen LogP contribution in [-0.2, 0) is 11.4 Å². The van der Waals surface area contributed by atoms with Gasteiger partial charge in [0.1, 0.15) is 29.6 Å². The predicted octanol–water partition coefficient (Wildman–Crippen LogP) is 2.86. The molecule has 192 valence electrons. The standard InChI is InChI=1S/C24H25F3N4O5/c1-3-14-8-15-10-30(12(2)4-5-36-29-14)24(35)20-22(33)21(32)17(11-31(15)20)23(34)28-9-16-18(26)6-13(25)7-19(16)27/h6-7,11-12,15,33H,3-5,8-10H2,1-2H3,(H,28,34)/b29-14-/t12-,15?/m0/s1. The second-order valence-electron chi connectivity index (χ2n) is 8.80. The lowest BCUT2D eigenvalue weighted by molar-refractivity contribution is 0.0496. The predicted molar refractivity (Wildman–Crippen MR) is 122 cm³/mol. The highest BCUT2D eigenvalue weighted by atomic mass is 19.1. The zero-order valence-electron chi connectivity index (χ0n) is 19.7. The fraction of sp³-hybridized carbons (Fsp3) is 0.417. The molecule has 1 aromatic heterocycles. The Bertz CT molecular complexity index is 1290. The van der Waals surface area contributed by atoms with Crippen LogP contribution in [0.2, 0.25) is 0 Å². The molecule has 1 aromatic carbocycles. The number of aromatic hydroxyl groups is 1. The fourth-order valence-corrected chi connectivity index (χ4v) is 4.40. The van der Waals surface area contributed by atoms with Crippen LogP contribution in [0.15, 0.2) is 28.3 Å². The van der Waals surface area contributed by atoms with Gasteiger partial charge in [-0.15, -0.1) is 0 Å². The molecule has 0 radical (unpaired) electrons. The molecule has 0 saturated carbocycles. The van der Waals surface area contributed by atoms with Crippen LogP contribution in [0.25, 0.3) is 0 Å². The van der Waals surface area contributed by atoms with Gasteiger partial charge in [-0.3, -0.25) is 14.4 Å². The number of carbonyl (C=O) groups excluding carboxylic acids is 2. The fourth-order valence-electron chi connectivity index (χ4n) is 4.40. The van der Waals surface area contributed by atoms with E-state index < -0.39 is 64.2 Å². The molecule has 2 aliphatic rings. The largest absolute Gasteiger partial charge is 0.503 e. The Hall–Kier alpha value is -3.83. The first kappa shape index (κ1) is 25.3. The number of pyridine rings is 1. The van der Waals surface area contributed by atoms with Crippen molar-refractivity contribution in [2.24, 2.45) is 5.16 Å². The summed E-state index contributed by atoms with van der Waals surface area (Å²) in [5.41, 5.74) is -1.76. The van der Waals surface area contributed by atoms with Gasteiger partial charge in [0.25, 0.3) is 11.8 Å². The SMILES string of the molecule is CC/C1=N/OCC[C@H](C)N2CC(C1)n1cc(C(=O)NCc3c(F)cc(F)cc3F)c(=O)c(O)c1C2=O. The minimum absolute atomic E-state index is 0.243. The van der Waals surface area contributed by atoms with Crippen LogP contribution in [0.1, 0.15) is 65.6 Å². The number of oxime groups is 1. The molecular formula is C24H25F3N4O5. The highest BCUT2D eigenvalue weighted by molar-refractivity contribution is 5.99. The Kier molecular flexibility index (Phi) is 7.04. The lowest BCUT2D eigenvalue weighted by atomic mass is 10.00. The third-order valence-corrected chi connectivity index (χ3v) is 6.48. The maximum atomic E-state index is 14.0. The first-order chi connectivity index (χ1) is 17.1. The average molecular weight is 506 g/mol. The van der Waals surface area contributed by atoms with E-state index in [1.807, 2.05) is 13.8 Å². The number of amides is 2. The second-order valence-corrected chi connectivity index (χ2v) is 8.80. The molecule has 36 heavy (non-hydrogen) atoms. The van der Waals surface area contributed by atoms with Gasteiger partial charge < -0.3 is 24.7 Å². The molecule has 2 atom stereocenters. The number of hydrogen-bond acceptors (Lipinski definition) is 6. The smallest absolute Gasteiger partial charge is 0.274 e.